The maximum absolute atomic E-state index is 5.97. The van der Waals surface area contributed by atoms with Gasteiger partial charge in [-0.15, -0.1) is 6.58 Å². The number of halogens is 1. The third kappa shape index (κ3) is 1.70. The van der Waals surface area contributed by atoms with E-state index in [0.29, 0.717) is 0 Å². The Morgan fingerprint density at radius 3 is 2.75 bits per heavy atom. The Morgan fingerprint density at radius 1 is 1.50 bits per heavy atom. The Kier molecular flexibility index (Phi) is 2.93. The van der Waals surface area contributed by atoms with Crippen molar-refractivity contribution in [1.82, 2.24) is 0 Å². The van der Waals surface area contributed by atoms with Crippen LogP contribution in [0.2, 0.25) is 5.02 Å². The van der Waals surface area contributed by atoms with Crippen LogP contribution in [-0.4, -0.2) is 0 Å². The molecule has 1 radical (unpaired) electrons. The average molecular weight is 180 g/mol. The fraction of sp³-hybridized carbons (Fsp3) is 0.182. The Balaban J connectivity index is 3.15. The molecule has 12 heavy (non-hydrogen) atoms. The van der Waals surface area contributed by atoms with Gasteiger partial charge in [0.1, 0.15) is 0 Å². The van der Waals surface area contributed by atoms with Crippen LogP contribution >= 0.6 is 11.6 Å². The largest absolute Gasteiger partial charge is 0.102 e. The second kappa shape index (κ2) is 3.77. The summed E-state index contributed by atoms with van der Waals surface area (Å²) in [4.78, 5) is 0. The third-order valence-corrected chi connectivity index (χ3v) is 2.41. The monoisotopic (exact) mass is 179 g/mol. The molecular formula is C11H12Cl. The average Bonchev–Trinajstić information content (AvgIpc) is 2.08. The molecule has 1 aromatic carbocycles. The van der Waals surface area contributed by atoms with Gasteiger partial charge >= 0.3 is 0 Å². The van der Waals surface area contributed by atoms with E-state index >= 15 is 0 Å². The van der Waals surface area contributed by atoms with E-state index in [4.69, 9.17) is 11.6 Å². The first-order valence-electron chi connectivity index (χ1n) is 3.88. The molecule has 0 aliphatic rings. The van der Waals surface area contributed by atoms with Crippen LogP contribution < -0.4 is 0 Å². The van der Waals surface area contributed by atoms with Gasteiger partial charge in [0.2, 0.25) is 0 Å². The second-order valence-corrected chi connectivity index (χ2v) is 3.21. The summed E-state index contributed by atoms with van der Waals surface area (Å²) in [5, 5.41) is 0.814. The van der Waals surface area contributed by atoms with Crippen LogP contribution in [0.5, 0.6) is 0 Å². The van der Waals surface area contributed by atoms with E-state index < -0.39 is 0 Å². The van der Waals surface area contributed by atoms with Crippen LogP contribution in [0.1, 0.15) is 18.1 Å². The van der Waals surface area contributed by atoms with E-state index in [9.17, 15) is 0 Å². The summed E-state index contributed by atoms with van der Waals surface area (Å²) in [5.74, 6) is 1.16. The van der Waals surface area contributed by atoms with Gasteiger partial charge in [-0.3, -0.25) is 0 Å². The van der Waals surface area contributed by atoms with Crippen LogP contribution in [0, 0.1) is 12.8 Å². The van der Waals surface area contributed by atoms with E-state index in [0.717, 1.165) is 16.5 Å². The summed E-state index contributed by atoms with van der Waals surface area (Å²) in [5.41, 5.74) is 2.30. The van der Waals surface area contributed by atoms with Crippen molar-refractivity contribution in [2.24, 2.45) is 0 Å². The Hall–Kier alpha value is -0.750. The molecule has 1 heteroatoms. The van der Waals surface area contributed by atoms with Crippen LogP contribution in [0.25, 0.3) is 0 Å². The molecule has 0 nitrogen and oxygen atoms in total. The third-order valence-electron chi connectivity index (χ3n) is 2.00. The molecule has 1 aromatic rings. The zero-order valence-electron chi connectivity index (χ0n) is 7.39. The van der Waals surface area contributed by atoms with Crippen molar-refractivity contribution < 1.29 is 0 Å². The maximum atomic E-state index is 5.97. The van der Waals surface area contributed by atoms with Gasteiger partial charge in [0.15, 0.2) is 0 Å². The highest BCUT2D eigenvalue weighted by molar-refractivity contribution is 6.31. The highest BCUT2D eigenvalue weighted by Crippen LogP contribution is 2.24. The summed E-state index contributed by atoms with van der Waals surface area (Å²) < 4.78 is 0. The molecule has 63 valence electrons. The molecule has 0 aromatic heterocycles. The van der Waals surface area contributed by atoms with Crippen molar-refractivity contribution in [2.45, 2.75) is 13.8 Å². The molecule has 0 spiro atoms. The second-order valence-electron chi connectivity index (χ2n) is 2.80. The summed E-state index contributed by atoms with van der Waals surface area (Å²) in [6.45, 7) is 7.78. The molecule has 1 rings (SSSR count). The van der Waals surface area contributed by atoms with Crippen LogP contribution in [0.15, 0.2) is 30.9 Å². The van der Waals surface area contributed by atoms with Gasteiger partial charge in [-0.2, -0.15) is 0 Å². The minimum Gasteiger partial charge on any atom is -0.102 e. The van der Waals surface area contributed by atoms with Gasteiger partial charge in [0.25, 0.3) is 0 Å². The molecule has 0 amide bonds. The smallest absolute Gasteiger partial charge is 0.0438 e. The highest BCUT2D eigenvalue weighted by atomic mass is 35.5. The molecule has 0 saturated heterocycles. The SMILES string of the molecule is C=C[C](C)c1cccc(Cl)c1C. The van der Waals surface area contributed by atoms with E-state index in [-0.39, 0.29) is 0 Å². The maximum Gasteiger partial charge on any atom is 0.0438 e. The van der Waals surface area contributed by atoms with Crippen molar-refractivity contribution in [3.63, 3.8) is 0 Å². The fourth-order valence-corrected chi connectivity index (χ4v) is 1.32. The Bertz CT molecular complexity index is 289. The first-order valence-corrected chi connectivity index (χ1v) is 4.26. The lowest BCUT2D eigenvalue weighted by molar-refractivity contribution is 1.21. The molecule has 0 N–H and O–H groups in total. The lowest BCUT2D eigenvalue weighted by Crippen LogP contribution is -1.93. The van der Waals surface area contributed by atoms with E-state index in [2.05, 4.69) is 12.6 Å². The summed E-state index contributed by atoms with van der Waals surface area (Å²) >= 11 is 5.97. The lowest BCUT2D eigenvalue weighted by Gasteiger charge is -2.10. The molecule has 0 unspecified atom stereocenters. The molecule has 0 heterocycles. The van der Waals surface area contributed by atoms with E-state index in [1.165, 1.54) is 5.56 Å². The molecule has 0 saturated carbocycles. The first kappa shape index (κ1) is 9.34. The summed E-state index contributed by atoms with van der Waals surface area (Å²) in [7, 11) is 0. The summed E-state index contributed by atoms with van der Waals surface area (Å²) in [6.07, 6.45) is 1.85. The highest BCUT2D eigenvalue weighted by Gasteiger charge is 2.06. The van der Waals surface area contributed by atoms with Gasteiger partial charge in [-0.25, -0.2) is 0 Å². The van der Waals surface area contributed by atoms with Crippen molar-refractivity contribution in [3.05, 3.63) is 52.9 Å². The van der Waals surface area contributed by atoms with Crippen LogP contribution in [0.3, 0.4) is 0 Å². The fourth-order valence-electron chi connectivity index (χ4n) is 1.14. The summed E-state index contributed by atoms with van der Waals surface area (Å²) in [6, 6.07) is 5.91. The lowest BCUT2D eigenvalue weighted by atomic mass is 9.97. The van der Waals surface area contributed by atoms with Gasteiger partial charge in [-0.1, -0.05) is 36.7 Å². The zero-order valence-corrected chi connectivity index (χ0v) is 8.15. The van der Waals surface area contributed by atoms with Crippen molar-refractivity contribution in [3.8, 4) is 0 Å². The number of allylic oxidation sites excluding steroid dienone is 1. The van der Waals surface area contributed by atoms with Crippen molar-refractivity contribution in [1.29, 1.82) is 0 Å². The first-order chi connectivity index (χ1) is 5.66. The minimum atomic E-state index is 0.814. The predicted molar refractivity (Wildman–Crippen MR) is 54.4 cm³/mol. The van der Waals surface area contributed by atoms with E-state index in [1.54, 1.807) is 0 Å². The molecule has 0 aliphatic carbocycles. The zero-order chi connectivity index (χ0) is 9.14. The van der Waals surface area contributed by atoms with Gasteiger partial charge in [0.05, 0.1) is 0 Å². The predicted octanol–water partition coefficient (Wildman–Crippen LogP) is 3.78. The Labute approximate surface area is 78.9 Å². The number of rotatable bonds is 2. The van der Waals surface area contributed by atoms with Gasteiger partial charge < -0.3 is 0 Å². The van der Waals surface area contributed by atoms with Crippen molar-refractivity contribution >= 4 is 11.6 Å². The molecular weight excluding hydrogens is 168 g/mol. The quantitative estimate of drug-likeness (QED) is 0.648. The number of hydrogen-bond acceptors (Lipinski definition) is 0. The standard InChI is InChI=1S/C11H12Cl/c1-4-8(2)10-6-5-7-11(12)9(10)3/h4-7H,1H2,2-3H3. The van der Waals surface area contributed by atoms with Crippen LogP contribution in [-0.2, 0) is 0 Å². The van der Waals surface area contributed by atoms with Gasteiger partial charge in [0, 0.05) is 10.9 Å². The Morgan fingerprint density at radius 2 is 2.17 bits per heavy atom. The molecule has 0 atom stereocenters. The normalized spacial score (nSPS) is 10.3. The van der Waals surface area contributed by atoms with Gasteiger partial charge in [-0.05, 0) is 24.1 Å². The molecule has 0 aliphatic heterocycles. The molecule has 0 bridgehead atoms. The number of benzene rings is 1. The topological polar surface area (TPSA) is 0 Å². The van der Waals surface area contributed by atoms with E-state index in [1.807, 2.05) is 32.1 Å². The molecule has 0 fully saturated rings. The number of hydrogen-bond donors (Lipinski definition) is 0. The van der Waals surface area contributed by atoms with Crippen LogP contribution in [0.4, 0.5) is 0 Å². The van der Waals surface area contributed by atoms with Crippen molar-refractivity contribution in [2.75, 3.05) is 0 Å². The minimum absolute atomic E-state index is 0.814.